The molecule has 1 aliphatic heterocycles. The number of benzene rings is 1. The first-order valence-electron chi connectivity index (χ1n) is 7.69. The van der Waals surface area contributed by atoms with E-state index in [9.17, 15) is 9.59 Å². The van der Waals surface area contributed by atoms with Gasteiger partial charge in [0, 0.05) is 12.5 Å². The summed E-state index contributed by atoms with van der Waals surface area (Å²) in [6.45, 7) is 5.96. The Morgan fingerprint density at radius 2 is 2.13 bits per heavy atom. The number of rotatable bonds is 5. The van der Waals surface area contributed by atoms with Gasteiger partial charge in [0.2, 0.25) is 0 Å². The van der Waals surface area contributed by atoms with Crippen molar-refractivity contribution in [1.29, 1.82) is 0 Å². The number of aliphatic carboxylic acids is 1. The van der Waals surface area contributed by atoms with Crippen LogP contribution in [0.1, 0.15) is 38.3 Å². The number of fused-ring (bicyclic) bond motifs is 1. The average Bonchev–Trinajstić information content (AvgIpc) is 2.82. The van der Waals surface area contributed by atoms with Crippen LogP contribution in [0, 0.1) is 0 Å². The monoisotopic (exact) mass is 321 g/mol. The number of alkyl carbamates (subject to hydrolysis) is 1. The smallest absolute Gasteiger partial charge is 0.407 e. The number of amides is 1. The summed E-state index contributed by atoms with van der Waals surface area (Å²) < 4.78 is 10.7. The van der Waals surface area contributed by atoms with Gasteiger partial charge in [-0.3, -0.25) is 4.79 Å². The Balaban J connectivity index is 2.03. The molecule has 0 saturated heterocycles. The van der Waals surface area contributed by atoms with Crippen molar-refractivity contribution in [2.75, 3.05) is 6.61 Å². The van der Waals surface area contributed by atoms with E-state index in [-0.39, 0.29) is 6.42 Å². The number of ether oxygens (including phenoxy) is 2. The second-order valence-corrected chi connectivity index (χ2v) is 6.69. The third-order valence-electron chi connectivity index (χ3n) is 3.38. The molecule has 0 radical (unpaired) electrons. The average molecular weight is 321 g/mol. The molecule has 6 nitrogen and oxygen atoms in total. The van der Waals surface area contributed by atoms with E-state index >= 15 is 0 Å². The summed E-state index contributed by atoms with van der Waals surface area (Å²) in [6.07, 6.45) is 0.519. The molecule has 1 amide bonds. The standard InChI is InChI=1S/C17H23NO5/c1-17(2,3)23-16(21)18-13(10-15(19)20)8-11-4-5-12-6-7-22-14(12)9-11/h4-5,9,13H,6-8,10H2,1-3H3,(H,18,21)(H,19,20). The van der Waals surface area contributed by atoms with Crippen LogP contribution in [0.5, 0.6) is 5.75 Å². The summed E-state index contributed by atoms with van der Waals surface area (Å²) in [5, 5.41) is 11.7. The van der Waals surface area contributed by atoms with Gasteiger partial charge in [-0.2, -0.15) is 0 Å². The molecule has 0 aromatic heterocycles. The van der Waals surface area contributed by atoms with Crippen molar-refractivity contribution >= 4 is 12.1 Å². The highest BCUT2D eigenvalue weighted by atomic mass is 16.6. The fraction of sp³-hybridized carbons (Fsp3) is 0.529. The predicted octanol–water partition coefficient (Wildman–Crippen LogP) is 2.53. The van der Waals surface area contributed by atoms with Gasteiger partial charge < -0.3 is 19.9 Å². The molecule has 0 spiro atoms. The fourth-order valence-corrected chi connectivity index (χ4v) is 2.48. The minimum atomic E-state index is -0.969. The molecule has 23 heavy (non-hydrogen) atoms. The van der Waals surface area contributed by atoms with Crippen LogP contribution < -0.4 is 10.1 Å². The summed E-state index contributed by atoms with van der Waals surface area (Å²) in [7, 11) is 0. The minimum Gasteiger partial charge on any atom is -0.493 e. The molecule has 0 fully saturated rings. The first kappa shape index (κ1) is 17.1. The number of hydrogen-bond acceptors (Lipinski definition) is 4. The second-order valence-electron chi connectivity index (χ2n) is 6.69. The lowest BCUT2D eigenvalue weighted by molar-refractivity contribution is -0.137. The topological polar surface area (TPSA) is 84.9 Å². The van der Waals surface area contributed by atoms with E-state index in [1.54, 1.807) is 20.8 Å². The zero-order valence-electron chi connectivity index (χ0n) is 13.7. The molecule has 1 aliphatic rings. The molecule has 1 heterocycles. The highest BCUT2D eigenvalue weighted by Gasteiger charge is 2.22. The van der Waals surface area contributed by atoms with E-state index in [0.29, 0.717) is 13.0 Å². The van der Waals surface area contributed by atoms with Gasteiger partial charge in [-0.05, 0) is 44.4 Å². The van der Waals surface area contributed by atoms with Crippen molar-refractivity contribution in [3.05, 3.63) is 29.3 Å². The lowest BCUT2D eigenvalue weighted by Crippen LogP contribution is -2.41. The molecule has 1 atom stereocenters. The summed E-state index contributed by atoms with van der Waals surface area (Å²) in [4.78, 5) is 22.9. The maximum Gasteiger partial charge on any atom is 0.407 e. The Morgan fingerprint density at radius 3 is 2.78 bits per heavy atom. The fourth-order valence-electron chi connectivity index (χ4n) is 2.48. The van der Waals surface area contributed by atoms with Gasteiger partial charge in [-0.25, -0.2) is 4.79 Å². The number of hydrogen-bond donors (Lipinski definition) is 2. The van der Waals surface area contributed by atoms with Gasteiger partial charge in [0.05, 0.1) is 13.0 Å². The van der Waals surface area contributed by atoms with Crippen molar-refractivity contribution in [3.8, 4) is 5.75 Å². The van der Waals surface area contributed by atoms with E-state index < -0.39 is 23.7 Å². The van der Waals surface area contributed by atoms with Crippen LogP contribution in [0.15, 0.2) is 18.2 Å². The SMILES string of the molecule is CC(C)(C)OC(=O)NC(CC(=O)O)Cc1ccc2c(c1)OCC2. The summed E-state index contributed by atoms with van der Waals surface area (Å²) in [5.74, 6) is -0.127. The molecule has 126 valence electrons. The van der Waals surface area contributed by atoms with E-state index in [1.807, 2.05) is 18.2 Å². The number of carbonyl (C=O) groups is 2. The van der Waals surface area contributed by atoms with E-state index in [1.165, 1.54) is 0 Å². The maximum absolute atomic E-state index is 11.9. The zero-order valence-corrected chi connectivity index (χ0v) is 13.7. The molecular formula is C17H23NO5. The molecule has 0 aliphatic carbocycles. The Labute approximate surface area is 135 Å². The predicted molar refractivity (Wildman–Crippen MR) is 84.8 cm³/mol. The molecule has 2 N–H and O–H groups in total. The lowest BCUT2D eigenvalue weighted by atomic mass is 10.0. The molecule has 0 bridgehead atoms. The maximum atomic E-state index is 11.9. The van der Waals surface area contributed by atoms with Crippen LogP contribution >= 0.6 is 0 Å². The molecular weight excluding hydrogens is 298 g/mol. The number of nitrogens with one attached hydrogen (secondary N) is 1. The molecule has 1 aromatic rings. The Kier molecular flexibility index (Phi) is 5.13. The minimum absolute atomic E-state index is 0.169. The van der Waals surface area contributed by atoms with Gasteiger partial charge in [0.1, 0.15) is 11.4 Å². The van der Waals surface area contributed by atoms with E-state index in [0.717, 1.165) is 23.3 Å². The summed E-state index contributed by atoms with van der Waals surface area (Å²) >= 11 is 0. The first-order valence-corrected chi connectivity index (χ1v) is 7.69. The van der Waals surface area contributed by atoms with Crippen LogP contribution in [0.2, 0.25) is 0 Å². The Bertz CT molecular complexity index is 591. The summed E-state index contributed by atoms with van der Waals surface area (Å²) in [6, 6.07) is 5.30. The van der Waals surface area contributed by atoms with Crippen molar-refractivity contribution in [2.24, 2.45) is 0 Å². The number of carbonyl (C=O) groups excluding carboxylic acids is 1. The normalized spacial score (nSPS) is 14.6. The van der Waals surface area contributed by atoms with Crippen LogP contribution in [0.4, 0.5) is 4.79 Å². The quantitative estimate of drug-likeness (QED) is 0.870. The second kappa shape index (κ2) is 6.89. The largest absolute Gasteiger partial charge is 0.493 e. The van der Waals surface area contributed by atoms with Crippen LogP contribution in [-0.2, 0) is 22.4 Å². The van der Waals surface area contributed by atoms with Crippen molar-refractivity contribution < 1.29 is 24.2 Å². The molecule has 6 heteroatoms. The third kappa shape index (κ3) is 5.47. The molecule has 1 unspecified atom stereocenters. The molecule has 1 aromatic carbocycles. The van der Waals surface area contributed by atoms with Crippen LogP contribution in [0.3, 0.4) is 0 Å². The third-order valence-corrected chi connectivity index (χ3v) is 3.38. The van der Waals surface area contributed by atoms with Gasteiger partial charge in [-0.15, -0.1) is 0 Å². The van der Waals surface area contributed by atoms with Gasteiger partial charge in [0.25, 0.3) is 0 Å². The van der Waals surface area contributed by atoms with E-state index in [4.69, 9.17) is 14.6 Å². The Morgan fingerprint density at radius 1 is 1.39 bits per heavy atom. The highest BCUT2D eigenvalue weighted by molar-refractivity contribution is 5.71. The van der Waals surface area contributed by atoms with Crippen molar-refractivity contribution in [1.82, 2.24) is 5.32 Å². The van der Waals surface area contributed by atoms with Crippen molar-refractivity contribution in [3.63, 3.8) is 0 Å². The summed E-state index contributed by atoms with van der Waals surface area (Å²) in [5.41, 5.74) is 1.45. The molecule has 0 saturated carbocycles. The van der Waals surface area contributed by atoms with Crippen LogP contribution in [0.25, 0.3) is 0 Å². The van der Waals surface area contributed by atoms with Crippen molar-refractivity contribution in [2.45, 2.75) is 51.7 Å². The first-order chi connectivity index (χ1) is 10.7. The van der Waals surface area contributed by atoms with Gasteiger partial charge >= 0.3 is 12.1 Å². The number of carboxylic acid groups (broad SMARTS) is 1. The number of carboxylic acids is 1. The van der Waals surface area contributed by atoms with Gasteiger partial charge in [-0.1, -0.05) is 12.1 Å². The zero-order chi connectivity index (χ0) is 17.0. The van der Waals surface area contributed by atoms with E-state index in [2.05, 4.69) is 5.32 Å². The van der Waals surface area contributed by atoms with Crippen LogP contribution in [-0.4, -0.2) is 35.4 Å². The lowest BCUT2D eigenvalue weighted by Gasteiger charge is -2.23. The Hall–Kier alpha value is -2.24. The highest BCUT2D eigenvalue weighted by Crippen LogP contribution is 2.26. The van der Waals surface area contributed by atoms with Gasteiger partial charge in [0.15, 0.2) is 0 Å². The molecule has 2 rings (SSSR count).